The van der Waals surface area contributed by atoms with Crippen LogP contribution >= 0.6 is 15.9 Å². The summed E-state index contributed by atoms with van der Waals surface area (Å²) >= 11 is 3.32. The van der Waals surface area contributed by atoms with Gasteiger partial charge in [0.15, 0.2) is 5.78 Å². The lowest BCUT2D eigenvalue weighted by molar-refractivity contribution is 0.0734. The van der Waals surface area contributed by atoms with E-state index in [4.69, 9.17) is 9.47 Å². The van der Waals surface area contributed by atoms with Crippen molar-refractivity contribution in [3.8, 4) is 11.5 Å². The second-order valence-electron chi connectivity index (χ2n) is 5.89. The molecular weight excluding hydrogens is 420 g/mol. The number of benzene rings is 3. The number of hydrogen-bond donors (Lipinski definition) is 0. The molecular formula is C23H17BrO4. The van der Waals surface area contributed by atoms with Gasteiger partial charge in [-0.05, 0) is 72.3 Å². The Balaban J connectivity index is 1.62. The molecule has 28 heavy (non-hydrogen) atoms. The van der Waals surface area contributed by atoms with E-state index < -0.39 is 5.97 Å². The number of esters is 1. The predicted molar refractivity (Wildman–Crippen MR) is 112 cm³/mol. The molecule has 0 heterocycles. The topological polar surface area (TPSA) is 52.6 Å². The Morgan fingerprint density at radius 1 is 0.786 bits per heavy atom. The zero-order valence-electron chi connectivity index (χ0n) is 15.1. The quantitative estimate of drug-likeness (QED) is 0.219. The van der Waals surface area contributed by atoms with E-state index in [1.54, 1.807) is 61.7 Å². The van der Waals surface area contributed by atoms with Gasteiger partial charge in [0, 0.05) is 10.0 Å². The molecule has 0 spiro atoms. The maximum Gasteiger partial charge on any atom is 0.343 e. The van der Waals surface area contributed by atoms with Crippen LogP contribution in [0.2, 0.25) is 0 Å². The maximum atomic E-state index is 12.3. The van der Waals surface area contributed by atoms with Gasteiger partial charge in [0.25, 0.3) is 0 Å². The third-order valence-corrected chi connectivity index (χ3v) is 4.50. The van der Waals surface area contributed by atoms with Crippen molar-refractivity contribution in [2.45, 2.75) is 0 Å². The minimum atomic E-state index is -0.453. The van der Waals surface area contributed by atoms with E-state index >= 15 is 0 Å². The van der Waals surface area contributed by atoms with Crippen molar-refractivity contribution in [3.05, 3.63) is 100 Å². The summed E-state index contributed by atoms with van der Waals surface area (Å²) in [6.45, 7) is 0. The van der Waals surface area contributed by atoms with Crippen molar-refractivity contribution < 1.29 is 19.1 Å². The van der Waals surface area contributed by atoms with Gasteiger partial charge >= 0.3 is 5.97 Å². The highest BCUT2D eigenvalue weighted by molar-refractivity contribution is 9.10. The first kappa shape index (κ1) is 19.6. The van der Waals surface area contributed by atoms with Gasteiger partial charge in [0.1, 0.15) is 11.5 Å². The maximum absolute atomic E-state index is 12.3. The van der Waals surface area contributed by atoms with Crippen LogP contribution in [0, 0.1) is 0 Å². The number of carbonyl (C=O) groups is 2. The lowest BCUT2D eigenvalue weighted by Crippen LogP contribution is -2.08. The van der Waals surface area contributed by atoms with Crippen LogP contribution in [-0.2, 0) is 0 Å². The largest absolute Gasteiger partial charge is 0.497 e. The van der Waals surface area contributed by atoms with Crippen molar-refractivity contribution in [3.63, 3.8) is 0 Å². The van der Waals surface area contributed by atoms with E-state index in [1.165, 1.54) is 6.08 Å². The lowest BCUT2D eigenvalue weighted by atomic mass is 10.1. The van der Waals surface area contributed by atoms with Gasteiger partial charge < -0.3 is 9.47 Å². The van der Waals surface area contributed by atoms with Crippen LogP contribution in [0.15, 0.2) is 83.3 Å². The number of ketones is 1. The SMILES string of the molecule is COc1ccc(/C=C/C(=O)c2ccc(OC(=O)c3ccc(Br)cc3)cc2)cc1. The number of halogens is 1. The van der Waals surface area contributed by atoms with Gasteiger partial charge in [-0.3, -0.25) is 4.79 Å². The van der Waals surface area contributed by atoms with Crippen LogP contribution < -0.4 is 9.47 Å². The third-order valence-electron chi connectivity index (χ3n) is 3.97. The molecule has 3 rings (SSSR count). The molecule has 0 saturated heterocycles. The van der Waals surface area contributed by atoms with E-state index in [1.807, 2.05) is 24.3 Å². The fraction of sp³-hybridized carbons (Fsp3) is 0.0435. The summed E-state index contributed by atoms with van der Waals surface area (Å²) in [7, 11) is 1.61. The Morgan fingerprint density at radius 3 is 1.96 bits per heavy atom. The zero-order valence-corrected chi connectivity index (χ0v) is 16.7. The first-order chi connectivity index (χ1) is 13.5. The Bertz CT molecular complexity index is 988. The molecule has 0 aliphatic heterocycles. The first-order valence-electron chi connectivity index (χ1n) is 8.49. The van der Waals surface area contributed by atoms with Gasteiger partial charge in [-0.25, -0.2) is 4.79 Å². The minimum absolute atomic E-state index is 0.137. The van der Waals surface area contributed by atoms with Crippen LogP contribution in [0.25, 0.3) is 6.08 Å². The Hall–Kier alpha value is -3.18. The second kappa shape index (κ2) is 9.15. The zero-order chi connectivity index (χ0) is 19.9. The van der Waals surface area contributed by atoms with Crippen LogP contribution in [0.5, 0.6) is 11.5 Å². The molecule has 0 radical (unpaired) electrons. The second-order valence-corrected chi connectivity index (χ2v) is 6.81. The van der Waals surface area contributed by atoms with Gasteiger partial charge in [-0.15, -0.1) is 0 Å². The van der Waals surface area contributed by atoms with E-state index in [0.717, 1.165) is 15.8 Å². The molecule has 5 heteroatoms. The highest BCUT2D eigenvalue weighted by Gasteiger charge is 2.09. The van der Waals surface area contributed by atoms with E-state index in [0.29, 0.717) is 16.9 Å². The molecule has 4 nitrogen and oxygen atoms in total. The molecule has 0 aliphatic rings. The highest BCUT2D eigenvalue weighted by Crippen LogP contribution is 2.17. The van der Waals surface area contributed by atoms with Gasteiger partial charge in [0.05, 0.1) is 12.7 Å². The van der Waals surface area contributed by atoms with Gasteiger partial charge in [-0.1, -0.05) is 34.1 Å². The smallest absolute Gasteiger partial charge is 0.343 e. The molecule has 0 fully saturated rings. The number of carbonyl (C=O) groups excluding carboxylic acids is 2. The average molecular weight is 437 g/mol. The van der Waals surface area contributed by atoms with Crippen molar-refractivity contribution in [1.82, 2.24) is 0 Å². The number of hydrogen-bond acceptors (Lipinski definition) is 4. The first-order valence-corrected chi connectivity index (χ1v) is 9.29. The Morgan fingerprint density at radius 2 is 1.36 bits per heavy atom. The predicted octanol–water partition coefficient (Wildman–Crippen LogP) is 5.57. The minimum Gasteiger partial charge on any atom is -0.497 e. The molecule has 0 unspecified atom stereocenters. The lowest BCUT2D eigenvalue weighted by Gasteiger charge is -2.05. The molecule has 3 aromatic rings. The standard InChI is InChI=1S/C23H17BrO4/c1-27-20-11-2-16(3-12-20)4-15-22(25)17-7-13-21(14-8-17)28-23(26)18-5-9-19(24)10-6-18/h2-15H,1H3/b15-4+. The fourth-order valence-electron chi connectivity index (χ4n) is 2.42. The van der Waals surface area contributed by atoms with Crippen LogP contribution in [0.4, 0.5) is 0 Å². The van der Waals surface area contributed by atoms with Crippen molar-refractivity contribution in [1.29, 1.82) is 0 Å². The number of rotatable bonds is 6. The molecule has 0 saturated carbocycles. The fourth-order valence-corrected chi connectivity index (χ4v) is 2.69. The van der Waals surface area contributed by atoms with Crippen LogP contribution in [-0.4, -0.2) is 18.9 Å². The van der Waals surface area contributed by atoms with Gasteiger partial charge in [-0.2, -0.15) is 0 Å². The van der Waals surface area contributed by atoms with E-state index in [-0.39, 0.29) is 5.78 Å². The Kier molecular flexibility index (Phi) is 6.40. The molecule has 0 N–H and O–H groups in total. The van der Waals surface area contributed by atoms with Gasteiger partial charge in [0.2, 0.25) is 0 Å². The van der Waals surface area contributed by atoms with E-state index in [9.17, 15) is 9.59 Å². The molecule has 3 aromatic carbocycles. The summed E-state index contributed by atoms with van der Waals surface area (Å²) in [5.74, 6) is 0.549. The third kappa shape index (κ3) is 5.18. The normalized spacial score (nSPS) is 10.6. The molecule has 140 valence electrons. The molecule has 0 amide bonds. The number of allylic oxidation sites excluding steroid dienone is 1. The van der Waals surface area contributed by atoms with Crippen LogP contribution in [0.1, 0.15) is 26.3 Å². The summed E-state index contributed by atoms with van der Waals surface area (Å²) in [6.07, 6.45) is 3.24. The summed E-state index contributed by atoms with van der Waals surface area (Å²) < 4.78 is 11.3. The summed E-state index contributed by atoms with van der Waals surface area (Å²) in [5, 5.41) is 0. The molecule has 0 aromatic heterocycles. The number of ether oxygens (including phenoxy) is 2. The van der Waals surface area contributed by atoms with E-state index in [2.05, 4.69) is 15.9 Å². The molecule has 0 atom stereocenters. The number of methoxy groups -OCH3 is 1. The average Bonchev–Trinajstić information content (AvgIpc) is 2.73. The summed E-state index contributed by atoms with van der Waals surface area (Å²) in [5.41, 5.74) is 1.85. The van der Waals surface area contributed by atoms with Crippen molar-refractivity contribution in [2.24, 2.45) is 0 Å². The van der Waals surface area contributed by atoms with Crippen LogP contribution in [0.3, 0.4) is 0 Å². The summed E-state index contributed by atoms with van der Waals surface area (Å²) in [6, 6.07) is 20.8. The molecule has 0 bridgehead atoms. The summed E-state index contributed by atoms with van der Waals surface area (Å²) in [4.78, 5) is 24.4. The highest BCUT2D eigenvalue weighted by atomic mass is 79.9. The monoisotopic (exact) mass is 436 g/mol. The van der Waals surface area contributed by atoms with Crippen molar-refractivity contribution >= 4 is 33.8 Å². The molecule has 0 aliphatic carbocycles. The Labute approximate surface area is 171 Å². The van der Waals surface area contributed by atoms with Crippen molar-refractivity contribution in [2.75, 3.05) is 7.11 Å².